The molecule has 3 rings (SSSR count). The highest BCUT2D eigenvalue weighted by molar-refractivity contribution is 7.13. The first-order valence-electron chi connectivity index (χ1n) is 7.54. The van der Waals surface area contributed by atoms with Crippen LogP contribution in [-0.4, -0.2) is 17.0 Å². The Morgan fingerprint density at radius 2 is 2.04 bits per heavy atom. The van der Waals surface area contributed by atoms with Gasteiger partial charge in [0.1, 0.15) is 17.4 Å². The Morgan fingerprint density at radius 1 is 1.24 bits per heavy atom. The first kappa shape index (κ1) is 16.9. The number of benzene rings is 2. The summed E-state index contributed by atoms with van der Waals surface area (Å²) in [5, 5.41) is 13.9. The van der Waals surface area contributed by atoms with E-state index in [2.05, 4.69) is 4.98 Å². The third-order valence-electron chi connectivity index (χ3n) is 3.63. The highest BCUT2D eigenvalue weighted by Crippen LogP contribution is 2.31. The van der Waals surface area contributed by atoms with E-state index in [0.717, 1.165) is 22.0 Å². The van der Waals surface area contributed by atoms with Crippen LogP contribution in [0.2, 0.25) is 0 Å². The van der Waals surface area contributed by atoms with E-state index in [9.17, 15) is 10.1 Å². The minimum absolute atomic E-state index is 0.00857. The molecule has 128 valence electrons. The standard InChI is InChI=1S/C18H16N2O4S/c1-12-5-3-8-16(17(12)20(21)22)24-10-14-11-25-18(19-14)13-6-4-7-15(9-13)23-2/h3-9,11H,10H2,1-2H3. The van der Waals surface area contributed by atoms with Crippen LogP contribution < -0.4 is 9.47 Å². The Labute approximate surface area is 148 Å². The molecule has 1 aromatic heterocycles. The van der Waals surface area contributed by atoms with Gasteiger partial charge in [0, 0.05) is 16.5 Å². The van der Waals surface area contributed by atoms with Crippen LogP contribution in [0.25, 0.3) is 10.6 Å². The van der Waals surface area contributed by atoms with Crippen LogP contribution in [0.1, 0.15) is 11.3 Å². The first-order chi connectivity index (χ1) is 12.1. The molecule has 0 aliphatic heterocycles. The molecular formula is C18H16N2O4S. The zero-order chi connectivity index (χ0) is 17.8. The molecule has 0 amide bonds. The second-order valence-electron chi connectivity index (χ2n) is 5.34. The van der Waals surface area contributed by atoms with Crippen LogP contribution in [-0.2, 0) is 6.61 Å². The summed E-state index contributed by atoms with van der Waals surface area (Å²) in [5.41, 5.74) is 2.24. The van der Waals surface area contributed by atoms with Gasteiger partial charge >= 0.3 is 5.69 Å². The number of aromatic nitrogens is 1. The Bertz CT molecular complexity index is 908. The summed E-state index contributed by atoms with van der Waals surface area (Å²) in [4.78, 5) is 15.3. The van der Waals surface area contributed by atoms with Gasteiger partial charge < -0.3 is 9.47 Å². The topological polar surface area (TPSA) is 74.5 Å². The van der Waals surface area contributed by atoms with Crippen LogP contribution >= 0.6 is 11.3 Å². The molecule has 0 unspecified atom stereocenters. The van der Waals surface area contributed by atoms with E-state index < -0.39 is 4.92 Å². The van der Waals surface area contributed by atoms with Crippen LogP contribution in [0.5, 0.6) is 11.5 Å². The van der Waals surface area contributed by atoms with Crippen molar-refractivity contribution in [1.29, 1.82) is 0 Å². The third-order valence-corrected chi connectivity index (χ3v) is 4.57. The molecule has 1 heterocycles. The zero-order valence-electron chi connectivity index (χ0n) is 13.8. The number of rotatable bonds is 6. The number of hydrogen-bond acceptors (Lipinski definition) is 6. The van der Waals surface area contributed by atoms with Crippen molar-refractivity contribution >= 4 is 17.0 Å². The van der Waals surface area contributed by atoms with E-state index in [1.54, 1.807) is 32.2 Å². The summed E-state index contributed by atoms with van der Waals surface area (Å²) in [5.74, 6) is 1.02. The van der Waals surface area contributed by atoms with Crippen LogP contribution in [0.15, 0.2) is 47.8 Å². The number of methoxy groups -OCH3 is 1. The van der Waals surface area contributed by atoms with E-state index in [0.29, 0.717) is 5.56 Å². The maximum absolute atomic E-state index is 11.2. The van der Waals surface area contributed by atoms with Gasteiger partial charge in [-0.2, -0.15) is 0 Å². The van der Waals surface area contributed by atoms with Gasteiger partial charge in [-0.1, -0.05) is 24.3 Å². The molecule has 6 nitrogen and oxygen atoms in total. The van der Waals surface area contributed by atoms with Gasteiger partial charge in [-0.15, -0.1) is 11.3 Å². The molecule has 0 spiro atoms. The quantitative estimate of drug-likeness (QED) is 0.476. The van der Waals surface area contributed by atoms with E-state index in [-0.39, 0.29) is 18.0 Å². The second-order valence-corrected chi connectivity index (χ2v) is 6.20. The molecule has 25 heavy (non-hydrogen) atoms. The number of nitro groups is 1. The molecular weight excluding hydrogens is 340 g/mol. The average Bonchev–Trinajstić information content (AvgIpc) is 3.08. The fourth-order valence-corrected chi connectivity index (χ4v) is 3.20. The van der Waals surface area contributed by atoms with Crippen molar-refractivity contribution in [2.24, 2.45) is 0 Å². The number of aryl methyl sites for hydroxylation is 1. The van der Waals surface area contributed by atoms with E-state index in [1.165, 1.54) is 11.3 Å². The van der Waals surface area contributed by atoms with Gasteiger partial charge in [0.2, 0.25) is 0 Å². The van der Waals surface area contributed by atoms with E-state index in [1.807, 2.05) is 29.6 Å². The predicted octanol–water partition coefficient (Wildman–Crippen LogP) is 4.61. The fourth-order valence-electron chi connectivity index (χ4n) is 2.40. The summed E-state index contributed by atoms with van der Waals surface area (Å²) >= 11 is 1.49. The molecule has 7 heteroatoms. The van der Waals surface area contributed by atoms with Crippen molar-refractivity contribution in [2.75, 3.05) is 7.11 Å². The maximum Gasteiger partial charge on any atom is 0.313 e. The van der Waals surface area contributed by atoms with E-state index in [4.69, 9.17) is 9.47 Å². The molecule has 2 aromatic carbocycles. The fraction of sp³-hybridized carbons (Fsp3) is 0.167. The summed E-state index contributed by atoms with van der Waals surface area (Å²) in [6.45, 7) is 1.86. The van der Waals surface area contributed by atoms with Crippen molar-refractivity contribution < 1.29 is 14.4 Å². The number of nitro benzene ring substituents is 1. The SMILES string of the molecule is COc1cccc(-c2nc(COc3cccc(C)c3[N+](=O)[O-])cs2)c1. The zero-order valence-corrected chi connectivity index (χ0v) is 14.6. The summed E-state index contributed by atoms with van der Waals surface area (Å²) in [7, 11) is 1.62. The van der Waals surface area contributed by atoms with Crippen LogP contribution in [0, 0.1) is 17.0 Å². The molecule has 0 atom stereocenters. The minimum atomic E-state index is -0.423. The van der Waals surface area contributed by atoms with Gasteiger partial charge in [0.05, 0.1) is 17.7 Å². The number of nitrogens with zero attached hydrogens (tertiary/aromatic N) is 2. The summed E-state index contributed by atoms with van der Waals surface area (Å²) in [6.07, 6.45) is 0. The molecule has 0 bridgehead atoms. The summed E-state index contributed by atoms with van der Waals surface area (Å²) in [6, 6.07) is 12.7. The van der Waals surface area contributed by atoms with Gasteiger partial charge in [0.15, 0.2) is 5.75 Å². The van der Waals surface area contributed by atoms with Gasteiger partial charge in [-0.3, -0.25) is 10.1 Å². The minimum Gasteiger partial charge on any atom is -0.497 e. The highest BCUT2D eigenvalue weighted by atomic mass is 32.1. The third kappa shape index (κ3) is 3.77. The normalized spacial score (nSPS) is 10.5. The highest BCUT2D eigenvalue weighted by Gasteiger charge is 2.18. The smallest absolute Gasteiger partial charge is 0.313 e. The number of thiazole rings is 1. The molecule has 3 aromatic rings. The number of ether oxygens (including phenoxy) is 2. The second kappa shape index (κ2) is 7.31. The van der Waals surface area contributed by atoms with Crippen molar-refractivity contribution in [1.82, 2.24) is 4.98 Å². The summed E-state index contributed by atoms with van der Waals surface area (Å²) < 4.78 is 10.9. The first-order valence-corrected chi connectivity index (χ1v) is 8.42. The Hall–Kier alpha value is -2.93. The lowest BCUT2D eigenvalue weighted by Gasteiger charge is -2.06. The van der Waals surface area contributed by atoms with Crippen molar-refractivity contribution in [3.8, 4) is 22.1 Å². The maximum atomic E-state index is 11.2. The van der Waals surface area contributed by atoms with Crippen molar-refractivity contribution in [3.63, 3.8) is 0 Å². The molecule has 0 radical (unpaired) electrons. The molecule has 0 N–H and O–H groups in total. The van der Waals surface area contributed by atoms with Gasteiger partial charge in [-0.05, 0) is 25.1 Å². The lowest BCUT2D eigenvalue weighted by molar-refractivity contribution is -0.386. The Balaban J connectivity index is 1.77. The van der Waals surface area contributed by atoms with Crippen molar-refractivity contribution in [3.05, 3.63) is 69.2 Å². The van der Waals surface area contributed by atoms with Crippen LogP contribution in [0.3, 0.4) is 0 Å². The van der Waals surface area contributed by atoms with Gasteiger partial charge in [0.25, 0.3) is 0 Å². The van der Waals surface area contributed by atoms with Crippen molar-refractivity contribution in [2.45, 2.75) is 13.5 Å². The lowest BCUT2D eigenvalue weighted by Crippen LogP contribution is -2.00. The average molecular weight is 356 g/mol. The van der Waals surface area contributed by atoms with Crippen LogP contribution in [0.4, 0.5) is 5.69 Å². The number of hydrogen-bond donors (Lipinski definition) is 0. The van der Waals surface area contributed by atoms with E-state index >= 15 is 0 Å². The molecule has 0 saturated carbocycles. The lowest BCUT2D eigenvalue weighted by atomic mass is 10.2. The molecule has 0 fully saturated rings. The largest absolute Gasteiger partial charge is 0.497 e. The number of para-hydroxylation sites is 1. The molecule has 0 aliphatic rings. The predicted molar refractivity (Wildman–Crippen MR) is 96.3 cm³/mol. The van der Waals surface area contributed by atoms with Gasteiger partial charge in [-0.25, -0.2) is 4.98 Å². The monoisotopic (exact) mass is 356 g/mol. The molecule has 0 aliphatic carbocycles. The molecule has 0 saturated heterocycles. The Morgan fingerprint density at radius 3 is 2.80 bits per heavy atom. The Kier molecular flexibility index (Phi) is 4.95.